The first-order valence-electron chi connectivity index (χ1n) is 7.47. The standard InChI is InChI=1S/C14H19BrN4O2/c15-10-8-13(19(20)21)14(17-9-10)18-7-2-1-5-12(18)11-4-3-6-16-11/h8-9,11-12,16H,1-7H2. The van der Waals surface area contributed by atoms with Gasteiger partial charge in [-0.25, -0.2) is 4.98 Å². The van der Waals surface area contributed by atoms with Gasteiger partial charge in [-0.1, -0.05) is 0 Å². The first-order chi connectivity index (χ1) is 10.2. The minimum absolute atomic E-state index is 0.0919. The minimum atomic E-state index is -0.333. The van der Waals surface area contributed by atoms with E-state index in [1.165, 1.54) is 12.8 Å². The predicted octanol–water partition coefficient (Wildman–Crippen LogP) is 2.86. The van der Waals surface area contributed by atoms with Gasteiger partial charge < -0.3 is 10.2 Å². The van der Waals surface area contributed by atoms with Gasteiger partial charge in [0.2, 0.25) is 5.82 Å². The molecular formula is C14H19BrN4O2. The van der Waals surface area contributed by atoms with Crippen LogP contribution in [0.5, 0.6) is 0 Å². The van der Waals surface area contributed by atoms with E-state index in [4.69, 9.17) is 0 Å². The van der Waals surface area contributed by atoms with Gasteiger partial charge in [-0.2, -0.15) is 0 Å². The average Bonchev–Trinajstić information content (AvgIpc) is 3.01. The highest BCUT2D eigenvalue weighted by Crippen LogP contribution is 2.34. The smallest absolute Gasteiger partial charge is 0.312 e. The van der Waals surface area contributed by atoms with Gasteiger partial charge in [0.1, 0.15) is 0 Å². The maximum atomic E-state index is 11.3. The molecule has 1 N–H and O–H groups in total. The van der Waals surface area contributed by atoms with Crippen molar-refractivity contribution >= 4 is 27.4 Å². The van der Waals surface area contributed by atoms with Crippen molar-refractivity contribution in [1.29, 1.82) is 0 Å². The highest BCUT2D eigenvalue weighted by Gasteiger charge is 2.35. The van der Waals surface area contributed by atoms with Crippen LogP contribution in [0.25, 0.3) is 0 Å². The SMILES string of the molecule is O=[N+]([O-])c1cc(Br)cnc1N1CCCCC1C1CCCN1. The van der Waals surface area contributed by atoms with Crippen LogP contribution in [0.3, 0.4) is 0 Å². The van der Waals surface area contributed by atoms with E-state index in [-0.39, 0.29) is 10.6 Å². The molecule has 1 aromatic rings. The van der Waals surface area contributed by atoms with Gasteiger partial charge in [0.05, 0.1) is 4.92 Å². The topological polar surface area (TPSA) is 71.3 Å². The Kier molecular flexibility index (Phi) is 4.40. The molecule has 0 amide bonds. The second-order valence-corrected chi connectivity index (χ2v) is 6.63. The van der Waals surface area contributed by atoms with Crippen molar-refractivity contribution in [3.63, 3.8) is 0 Å². The lowest BCUT2D eigenvalue weighted by Crippen LogP contribution is -2.50. The van der Waals surface area contributed by atoms with Gasteiger partial charge in [0, 0.05) is 35.4 Å². The maximum absolute atomic E-state index is 11.3. The van der Waals surface area contributed by atoms with Crippen LogP contribution in [0.15, 0.2) is 16.7 Å². The molecule has 114 valence electrons. The Morgan fingerprint density at radius 3 is 2.95 bits per heavy atom. The summed E-state index contributed by atoms with van der Waals surface area (Å²) in [6.45, 7) is 1.89. The number of aromatic nitrogens is 1. The number of anilines is 1. The normalized spacial score (nSPS) is 26.0. The van der Waals surface area contributed by atoms with Crippen molar-refractivity contribution in [2.24, 2.45) is 0 Å². The summed E-state index contributed by atoms with van der Waals surface area (Å²) in [4.78, 5) is 17.5. The van der Waals surface area contributed by atoms with Crippen molar-refractivity contribution in [3.05, 3.63) is 26.9 Å². The van der Waals surface area contributed by atoms with Gasteiger partial charge in [-0.05, 0) is 54.6 Å². The van der Waals surface area contributed by atoms with E-state index in [1.807, 2.05) is 0 Å². The number of hydrogen-bond acceptors (Lipinski definition) is 5. The lowest BCUT2D eigenvalue weighted by Gasteiger charge is -2.39. The Labute approximate surface area is 132 Å². The molecule has 0 aromatic carbocycles. The molecule has 3 heterocycles. The lowest BCUT2D eigenvalue weighted by atomic mass is 9.94. The molecule has 2 unspecified atom stereocenters. The molecule has 1 aromatic heterocycles. The van der Waals surface area contributed by atoms with Crippen LogP contribution in [-0.2, 0) is 0 Å². The fourth-order valence-corrected chi connectivity index (χ4v) is 3.77. The van der Waals surface area contributed by atoms with Gasteiger partial charge >= 0.3 is 5.69 Å². The molecule has 3 rings (SSSR count). The second kappa shape index (κ2) is 6.27. The van der Waals surface area contributed by atoms with E-state index in [2.05, 4.69) is 31.1 Å². The molecule has 0 spiro atoms. The third-order valence-electron chi connectivity index (χ3n) is 4.39. The zero-order valence-electron chi connectivity index (χ0n) is 11.8. The molecule has 2 saturated heterocycles. The van der Waals surface area contributed by atoms with E-state index in [9.17, 15) is 10.1 Å². The van der Waals surface area contributed by atoms with Crippen molar-refractivity contribution in [2.45, 2.75) is 44.2 Å². The summed E-state index contributed by atoms with van der Waals surface area (Å²) in [5.74, 6) is 0.515. The number of pyridine rings is 1. The summed E-state index contributed by atoms with van der Waals surface area (Å²) in [5, 5.41) is 14.9. The van der Waals surface area contributed by atoms with E-state index in [1.54, 1.807) is 12.3 Å². The van der Waals surface area contributed by atoms with Gasteiger partial charge in [-0.3, -0.25) is 10.1 Å². The third kappa shape index (κ3) is 3.03. The summed E-state index contributed by atoms with van der Waals surface area (Å²) in [7, 11) is 0. The van der Waals surface area contributed by atoms with Crippen molar-refractivity contribution < 1.29 is 4.92 Å². The van der Waals surface area contributed by atoms with Crippen LogP contribution >= 0.6 is 15.9 Å². The third-order valence-corrected chi connectivity index (χ3v) is 4.83. The second-order valence-electron chi connectivity index (χ2n) is 5.71. The number of nitrogens with zero attached hydrogens (tertiary/aromatic N) is 3. The monoisotopic (exact) mass is 354 g/mol. The van der Waals surface area contributed by atoms with E-state index in [0.717, 1.165) is 32.4 Å². The van der Waals surface area contributed by atoms with Crippen LogP contribution in [0.2, 0.25) is 0 Å². The molecule has 21 heavy (non-hydrogen) atoms. The number of hydrogen-bond donors (Lipinski definition) is 1. The van der Waals surface area contributed by atoms with Crippen LogP contribution in [0.1, 0.15) is 32.1 Å². The summed E-state index contributed by atoms with van der Waals surface area (Å²) < 4.78 is 0.644. The molecule has 0 radical (unpaired) electrons. The van der Waals surface area contributed by atoms with Gasteiger partial charge in [-0.15, -0.1) is 0 Å². The quantitative estimate of drug-likeness (QED) is 0.667. The number of nitrogens with one attached hydrogen (secondary N) is 1. The summed E-state index contributed by atoms with van der Waals surface area (Å²) in [6.07, 6.45) is 7.31. The zero-order chi connectivity index (χ0) is 14.8. The van der Waals surface area contributed by atoms with Crippen LogP contribution in [0, 0.1) is 10.1 Å². The summed E-state index contributed by atoms with van der Waals surface area (Å²) >= 11 is 3.27. The molecule has 0 aliphatic carbocycles. The zero-order valence-corrected chi connectivity index (χ0v) is 13.4. The number of halogens is 1. The van der Waals surface area contributed by atoms with Crippen LogP contribution < -0.4 is 10.2 Å². The van der Waals surface area contributed by atoms with Crippen molar-refractivity contribution in [3.8, 4) is 0 Å². The molecule has 6 nitrogen and oxygen atoms in total. The van der Waals surface area contributed by atoms with Crippen molar-refractivity contribution in [2.75, 3.05) is 18.0 Å². The van der Waals surface area contributed by atoms with E-state index < -0.39 is 0 Å². The molecule has 0 bridgehead atoms. The number of rotatable bonds is 3. The largest absolute Gasteiger partial charge is 0.346 e. The Hall–Kier alpha value is -1.21. The Morgan fingerprint density at radius 2 is 2.24 bits per heavy atom. The first-order valence-corrected chi connectivity index (χ1v) is 8.26. The fraction of sp³-hybridized carbons (Fsp3) is 0.643. The maximum Gasteiger partial charge on any atom is 0.312 e. The minimum Gasteiger partial charge on any atom is -0.346 e. The lowest BCUT2D eigenvalue weighted by molar-refractivity contribution is -0.384. The highest BCUT2D eigenvalue weighted by molar-refractivity contribution is 9.10. The molecular weight excluding hydrogens is 336 g/mol. The van der Waals surface area contributed by atoms with E-state index in [0.29, 0.717) is 22.4 Å². The first kappa shape index (κ1) is 14.7. The molecule has 2 fully saturated rings. The number of nitro groups is 1. The Morgan fingerprint density at radius 1 is 1.38 bits per heavy atom. The molecule has 2 aliphatic heterocycles. The molecule has 7 heteroatoms. The average molecular weight is 355 g/mol. The van der Waals surface area contributed by atoms with E-state index >= 15 is 0 Å². The predicted molar refractivity (Wildman–Crippen MR) is 84.6 cm³/mol. The van der Waals surface area contributed by atoms with Crippen LogP contribution in [0.4, 0.5) is 11.5 Å². The molecule has 2 aliphatic rings. The Bertz CT molecular complexity index is 534. The molecule has 2 atom stereocenters. The van der Waals surface area contributed by atoms with Gasteiger partial charge in [0.25, 0.3) is 0 Å². The fourth-order valence-electron chi connectivity index (χ4n) is 3.46. The Balaban J connectivity index is 1.94. The number of piperidine rings is 1. The van der Waals surface area contributed by atoms with Crippen molar-refractivity contribution in [1.82, 2.24) is 10.3 Å². The van der Waals surface area contributed by atoms with Gasteiger partial charge in [0.15, 0.2) is 0 Å². The van der Waals surface area contributed by atoms with Crippen LogP contribution in [-0.4, -0.2) is 35.1 Å². The highest BCUT2D eigenvalue weighted by atomic mass is 79.9. The molecule has 0 saturated carbocycles. The summed E-state index contributed by atoms with van der Waals surface area (Å²) in [5.41, 5.74) is 0.0919. The summed E-state index contributed by atoms with van der Waals surface area (Å²) in [6, 6.07) is 2.29.